The maximum Gasteiger partial charge on any atom is 0.345 e. The first kappa shape index (κ1) is 22.8. The summed E-state index contributed by atoms with van der Waals surface area (Å²) < 4.78 is 10.9. The van der Waals surface area contributed by atoms with Gasteiger partial charge in [-0.1, -0.05) is 87.9 Å². The second-order valence-electron chi connectivity index (χ2n) is 9.02. The molecule has 3 unspecified atom stereocenters. The standard InChI is InChI=1S/C27H32O4/c1-19-15-16-23(27(2,3)21-13-9-6-10-14-21)24(17-19)31-26(29)22(25(28)30-4)18-20-11-7-5-8-12-20/h5-14,18-19,23-24H,15-17H2,1-4H3/b22-18-. The summed E-state index contributed by atoms with van der Waals surface area (Å²) in [5.41, 5.74) is 1.73. The number of esters is 2. The summed E-state index contributed by atoms with van der Waals surface area (Å²) >= 11 is 0. The van der Waals surface area contributed by atoms with Gasteiger partial charge in [-0.2, -0.15) is 0 Å². The molecule has 0 amide bonds. The second-order valence-corrected chi connectivity index (χ2v) is 9.02. The van der Waals surface area contributed by atoms with Crippen molar-refractivity contribution in [2.75, 3.05) is 7.11 Å². The molecule has 1 saturated carbocycles. The monoisotopic (exact) mass is 420 g/mol. The molecular formula is C27H32O4. The molecule has 4 nitrogen and oxygen atoms in total. The van der Waals surface area contributed by atoms with Crippen LogP contribution in [0.3, 0.4) is 0 Å². The molecule has 1 fully saturated rings. The molecule has 2 aromatic carbocycles. The van der Waals surface area contributed by atoms with E-state index in [9.17, 15) is 9.59 Å². The van der Waals surface area contributed by atoms with Gasteiger partial charge in [0.1, 0.15) is 11.7 Å². The van der Waals surface area contributed by atoms with Crippen molar-refractivity contribution in [1.29, 1.82) is 0 Å². The van der Waals surface area contributed by atoms with Crippen LogP contribution in [0.5, 0.6) is 0 Å². The van der Waals surface area contributed by atoms with Gasteiger partial charge >= 0.3 is 11.9 Å². The highest BCUT2D eigenvalue weighted by Gasteiger charge is 2.42. The Morgan fingerprint density at radius 1 is 0.935 bits per heavy atom. The van der Waals surface area contributed by atoms with Crippen LogP contribution >= 0.6 is 0 Å². The van der Waals surface area contributed by atoms with E-state index in [1.807, 2.05) is 48.5 Å². The minimum absolute atomic E-state index is 0.0804. The number of carbonyl (C=O) groups is 2. The van der Waals surface area contributed by atoms with Crippen LogP contribution in [-0.2, 0) is 24.5 Å². The Kier molecular flexibility index (Phi) is 7.32. The maximum atomic E-state index is 13.1. The lowest BCUT2D eigenvalue weighted by Crippen LogP contribution is -2.44. The second kappa shape index (κ2) is 9.95. The highest BCUT2D eigenvalue weighted by Crippen LogP contribution is 2.43. The van der Waals surface area contributed by atoms with Crippen molar-refractivity contribution >= 4 is 18.0 Å². The predicted octanol–water partition coefficient (Wildman–Crippen LogP) is 5.57. The third kappa shape index (κ3) is 5.43. The zero-order valence-electron chi connectivity index (χ0n) is 18.8. The first-order valence-corrected chi connectivity index (χ1v) is 10.9. The SMILES string of the molecule is COC(=O)/C(=C/c1ccccc1)C(=O)OC1CC(C)CCC1C(C)(C)c1ccccc1. The average molecular weight is 421 g/mol. The van der Waals surface area contributed by atoms with Crippen molar-refractivity contribution in [3.63, 3.8) is 0 Å². The van der Waals surface area contributed by atoms with Gasteiger partial charge in [-0.3, -0.25) is 0 Å². The summed E-state index contributed by atoms with van der Waals surface area (Å²) in [4.78, 5) is 25.5. The molecule has 4 heteroatoms. The van der Waals surface area contributed by atoms with Crippen molar-refractivity contribution in [2.24, 2.45) is 11.8 Å². The molecule has 0 radical (unpaired) electrons. The first-order valence-electron chi connectivity index (χ1n) is 10.9. The Labute approximate surface area is 185 Å². The highest BCUT2D eigenvalue weighted by atomic mass is 16.6. The third-order valence-corrected chi connectivity index (χ3v) is 6.49. The van der Waals surface area contributed by atoms with Gasteiger partial charge in [0.05, 0.1) is 7.11 Å². The maximum absolute atomic E-state index is 13.1. The molecule has 0 bridgehead atoms. The lowest BCUT2D eigenvalue weighted by Gasteiger charge is -2.44. The molecule has 0 spiro atoms. The van der Waals surface area contributed by atoms with E-state index in [1.54, 1.807) is 0 Å². The number of rotatable bonds is 6. The molecule has 0 N–H and O–H groups in total. The Morgan fingerprint density at radius 3 is 2.16 bits per heavy atom. The lowest BCUT2D eigenvalue weighted by atomic mass is 9.64. The van der Waals surface area contributed by atoms with Gasteiger partial charge in [-0.05, 0) is 41.4 Å². The molecule has 0 aliphatic heterocycles. The molecule has 0 saturated heterocycles. The Balaban J connectivity index is 1.88. The first-order chi connectivity index (χ1) is 14.8. The number of carbonyl (C=O) groups excluding carboxylic acids is 2. The van der Waals surface area contributed by atoms with Gasteiger partial charge in [0.15, 0.2) is 0 Å². The number of benzene rings is 2. The number of hydrogen-bond donors (Lipinski definition) is 0. The summed E-state index contributed by atoms with van der Waals surface area (Å²) in [6.07, 6.45) is 4.12. The van der Waals surface area contributed by atoms with E-state index in [0.717, 1.165) is 24.8 Å². The summed E-state index contributed by atoms with van der Waals surface area (Å²) in [5.74, 6) is -0.689. The smallest absolute Gasteiger partial charge is 0.345 e. The van der Waals surface area contributed by atoms with Crippen LogP contribution in [0, 0.1) is 11.8 Å². The van der Waals surface area contributed by atoms with Crippen LogP contribution in [0.25, 0.3) is 6.08 Å². The molecule has 3 atom stereocenters. The van der Waals surface area contributed by atoms with E-state index >= 15 is 0 Å². The quantitative estimate of drug-likeness (QED) is 0.265. The summed E-state index contributed by atoms with van der Waals surface area (Å²) in [7, 11) is 1.28. The largest absolute Gasteiger partial charge is 0.465 e. The van der Waals surface area contributed by atoms with E-state index in [1.165, 1.54) is 18.7 Å². The van der Waals surface area contributed by atoms with Crippen LogP contribution in [0.2, 0.25) is 0 Å². The van der Waals surface area contributed by atoms with E-state index in [2.05, 4.69) is 32.9 Å². The fourth-order valence-electron chi connectivity index (χ4n) is 4.59. The van der Waals surface area contributed by atoms with Crippen LogP contribution in [0.1, 0.15) is 51.2 Å². The number of ether oxygens (including phenoxy) is 2. The van der Waals surface area contributed by atoms with Gasteiger partial charge in [0.25, 0.3) is 0 Å². The van der Waals surface area contributed by atoms with Gasteiger partial charge in [-0.15, -0.1) is 0 Å². The van der Waals surface area contributed by atoms with Crippen molar-refractivity contribution in [2.45, 2.75) is 51.6 Å². The summed E-state index contributed by atoms with van der Waals surface area (Å²) in [5, 5.41) is 0. The van der Waals surface area contributed by atoms with E-state index in [0.29, 0.717) is 5.92 Å². The Morgan fingerprint density at radius 2 is 1.55 bits per heavy atom. The molecule has 1 aliphatic carbocycles. The number of methoxy groups -OCH3 is 1. The van der Waals surface area contributed by atoms with Gasteiger partial charge in [0, 0.05) is 5.92 Å². The van der Waals surface area contributed by atoms with E-state index in [-0.39, 0.29) is 23.0 Å². The predicted molar refractivity (Wildman–Crippen MR) is 122 cm³/mol. The van der Waals surface area contributed by atoms with Gasteiger partial charge < -0.3 is 9.47 Å². The van der Waals surface area contributed by atoms with Crippen molar-refractivity contribution in [3.05, 3.63) is 77.4 Å². The summed E-state index contributed by atoms with van der Waals surface area (Å²) in [6.45, 7) is 6.61. The van der Waals surface area contributed by atoms with Gasteiger partial charge in [-0.25, -0.2) is 9.59 Å². The summed E-state index contributed by atoms with van der Waals surface area (Å²) in [6, 6.07) is 19.6. The zero-order chi connectivity index (χ0) is 22.4. The fraction of sp³-hybridized carbons (Fsp3) is 0.407. The number of hydrogen-bond acceptors (Lipinski definition) is 4. The van der Waals surface area contributed by atoms with Crippen LogP contribution in [0.15, 0.2) is 66.2 Å². The van der Waals surface area contributed by atoms with Crippen LogP contribution < -0.4 is 0 Å². The Hall–Kier alpha value is -2.88. The highest BCUT2D eigenvalue weighted by molar-refractivity contribution is 6.17. The molecule has 31 heavy (non-hydrogen) atoms. The molecule has 0 heterocycles. The molecular weight excluding hydrogens is 388 g/mol. The minimum Gasteiger partial charge on any atom is -0.465 e. The topological polar surface area (TPSA) is 52.6 Å². The Bertz CT molecular complexity index is 915. The molecule has 3 rings (SSSR count). The molecule has 164 valence electrons. The van der Waals surface area contributed by atoms with Crippen LogP contribution in [0.4, 0.5) is 0 Å². The fourth-order valence-corrected chi connectivity index (χ4v) is 4.59. The normalized spacial score (nSPS) is 21.9. The lowest BCUT2D eigenvalue weighted by molar-refractivity contribution is -0.154. The molecule has 0 aromatic heterocycles. The molecule has 2 aromatic rings. The third-order valence-electron chi connectivity index (χ3n) is 6.49. The van der Waals surface area contributed by atoms with Gasteiger partial charge in [0.2, 0.25) is 0 Å². The zero-order valence-corrected chi connectivity index (χ0v) is 18.8. The van der Waals surface area contributed by atoms with Crippen molar-refractivity contribution in [1.82, 2.24) is 0 Å². The average Bonchev–Trinajstić information content (AvgIpc) is 2.78. The van der Waals surface area contributed by atoms with Crippen LogP contribution in [-0.4, -0.2) is 25.2 Å². The van der Waals surface area contributed by atoms with Crippen molar-refractivity contribution in [3.8, 4) is 0 Å². The molecule has 1 aliphatic rings. The van der Waals surface area contributed by atoms with E-state index < -0.39 is 11.9 Å². The van der Waals surface area contributed by atoms with E-state index in [4.69, 9.17) is 9.47 Å². The minimum atomic E-state index is -0.684. The van der Waals surface area contributed by atoms with Crippen molar-refractivity contribution < 1.29 is 19.1 Å².